The molecule has 0 saturated carbocycles. The van der Waals surface area contributed by atoms with E-state index in [2.05, 4.69) is 15.6 Å². The average molecular weight is 317 g/mol. The van der Waals surface area contributed by atoms with Crippen LogP contribution in [0.1, 0.15) is 44.7 Å². The fourth-order valence-electron chi connectivity index (χ4n) is 3.50. The summed E-state index contributed by atoms with van der Waals surface area (Å²) in [6, 6.07) is 0. The fourth-order valence-corrected chi connectivity index (χ4v) is 3.50. The largest absolute Gasteiger partial charge is 0.381 e. The van der Waals surface area contributed by atoms with E-state index in [-0.39, 0.29) is 5.91 Å². The molecule has 1 aromatic heterocycles. The highest BCUT2D eigenvalue weighted by molar-refractivity contribution is 5.78. The molecule has 0 fully saturated rings. The Labute approximate surface area is 138 Å². The molecule has 1 aliphatic heterocycles. The van der Waals surface area contributed by atoms with E-state index in [0.29, 0.717) is 32.1 Å². The van der Waals surface area contributed by atoms with Gasteiger partial charge in [-0.1, -0.05) is 11.6 Å². The van der Waals surface area contributed by atoms with E-state index < -0.39 is 0 Å². The first-order valence-corrected chi connectivity index (χ1v) is 8.78. The Morgan fingerprint density at radius 1 is 1.39 bits per heavy atom. The summed E-state index contributed by atoms with van der Waals surface area (Å²) < 4.78 is 7.78. The molecule has 3 rings (SSSR count). The predicted molar refractivity (Wildman–Crippen MR) is 88.8 cm³/mol. The van der Waals surface area contributed by atoms with Gasteiger partial charge in [-0.3, -0.25) is 4.79 Å². The monoisotopic (exact) mass is 317 g/mol. The molecule has 0 aromatic carbocycles. The molecule has 2 heterocycles. The maximum Gasteiger partial charge on any atom is 0.227 e. The van der Waals surface area contributed by atoms with Crippen molar-refractivity contribution in [3.05, 3.63) is 29.9 Å². The maximum atomic E-state index is 12.8. The van der Waals surface area contributed by atoms with Gasteiger partial charge in [-0.05, 0) is 32.6 Å². The van der Waals surface area contributed by atoms with Gasteiger partial charge in [0.2, 0.25) is 5.91 Å². The van der Waals surface area contributed by atoms with Crippen LogP contribution in [0.25, 0.3) is 0 Å². The highest BCUT2D eigenvalue weighted by Crippen LogP contribution is 2.23. The summed E-state index contributed by atoms with van der Waals surface area (Å²) in [5, 5.41) is 0. The molecule has 1 unspecified atom stereocenters. The molecule has 1 amide bonds. The van der Waals surface area contributed by atoms with Crippen molar-refractivity contribution in [2.45, 2.75) is 52.1 Å². The van der Waals surface area contributed by atoms with Gasteiger partial charge >= 0.3 is 0 Å². The van der Waals surface area contributed by atoms with Gasteiger partial charge in [-0.15, -0.1) is 0 Å². The molecular weight excluding hydrogens is 290 g/mol. The number of ether oxygens (including phenoxy) is 1. The molecule has 0 N–H and O–H groups in total. The summed E-state index contributed by atoms with van der Waals surface area (Å²) in [5.41, 5.74) is 2.44. The molecule has 5 nitrogen and oxygen atoms in total. The summed E-state index contributed by atoms with van der Waals surface area (Å²) in [4.78, 5) is 19.0. The van der Waals surface area contributed by atoms with E-state index in [9.17, 15) is 4.79 Å². The molecule has 23 heavy (non-hydrogen) atoms. The number of carbonyl (C=O) groups is 1. The van der Waals surface area contributed by atoms with E-state index in [1.165, 1.54) is 18.4 Å². The third kappa shape index (κ3) is 4.22. The first-order valence-electron chi connectivity index (χ1n) is 8.78. The van der Waals surface area contributed by atoms with Gasteiger partial charge in [-0.2, -0.15) is 0 Å². The van der Waals surface area contributed by atoms with Crippen molar-refractivity contribution in [1.82, 2.24) is 14.5 Å². The van der Waals surface area contributed by atoms with E-state index in [1.807, 2.05) is 24.3 Å². The molecule has 0 bridgehead atoms. The zero-order chi connectivity index (χ0) is 16.1. The number of nitrogens with zero attached hydrogens (tertiary/aromatic N) is 3. The zero-order valence-corrected chi connectivity index (χ0v) is 14.0. The molecule has 0 radical (unpaired) electrons. The number of hydrogen-bond donors (Lipinski definition) is 0. The Bertz CT molecular complexity index is 564. The summed E-state index contributed by atoms with van der Waals surface area (Å²) in [6.45, 7) is 5.73. The minimum absolute atomic E-state index is 0.245. The van der Waals surface area contributed by atoms with Crippen LogP contribution in [0.2, 0.25) is 0 Å². The van der Waals surface area contributed by atoms with Crippen molar-refractivity contribution in [3.63, 3.8) is 0 Å². The minimum atomic E-state index is 0.245. The molecule has 1 aliphatic carbocycles. The third-order valence-electron chi connectivity index (χ3n) is 4.76. The van der Waals surface area contributed by atoms with Crippen LogP contribution in [-0.2, 0) is 22.6 Å². The van der Waals surface area contributed by atoms with Crippen LogP contribution in [0.3, 0.4) is 0 Å². The predicted octanol–water partition coefficient (Wildman–Crippen LogP) is 2.77. The van der Waals surface area contributed by atoms with Crippen LogP contribution < -0.4 is 0 Å². The van der Waals surface area contributed by atoms with Crippen molar-refractivity contribution >= 4 is 5.91 Å². The van der Waals surface area contributed by atoms with Crippen LogP contribution in [0.5, 0.6) is 0 Å². The molecule has 0 spiro atoms. The normalized spacial score (nSPS) is 21.5. The Kier molecular flexibility index (Phi) is 5.49. The van der Waals surface area contributed by atoms with Crippen LogP contribution >= 0.6 is 0 Å². The van der Waals surface area contributed by atoms with E-state index in [0.717, 1.165) is 31.6 Å². The lowest BCUT2D eigenvalue weighted by Gasteiger charge is -2.25. The minimum Gasteiger partial charge on any atom is -0.381 e. The molecule has 5 heteroatoms. The SMILES string of the molecule is CCOCC1CN(C(=O)CC2=CCCCC2)Cc2cncn2C1. The Hall–Kier alpha value is -1.62. The van der Waals surface area contributed by atoms with Crippen molar-refractivity contribution in [1.29, 1.82) is 0 Å². The molecule has 0 saturated heterocycles. The van der Waals surface area contributed by atoms with Crippen molar-refractivity contribution < 1.29 is 9.53 Å². The number of carbonyl (C=O) groups excluding carboxylic acids is 1. The van der Waals surface area contributed by atoms with Gasteiger partial charge in [0, 0.05) is 38.2 Å². The number of aromatic nitrogens is 2. The second-order valence-corrected chi connectivity index (χ2v) is 6.62. The Morgan fingerprint density at radius 3 is 3.09 bits per heavy atom. The topological polar surface area (TPSA) is 47.4 Å². The number of fused-ring (bicyclic) bond motifs is 1. The lowest BCUT2D eigenvalue weighted by Crippen LogP contribution is -2.35. The fraction of sp³-hybridized carbons (Fsp3) is 0.667. The quantitative estimate of drug-likeness (QED) is 0.785. The summed E-state index contributed by atoms with van der Waals surface area (Å²) in [5.74, 6) is 0.573. The van der Waals surface area contributed by atoms with Gasteiger partial charge in [0.15, 0.2) is 0 Å². The highest BCUT2D eigenvalue weighted by Gasteiger charge is 2.25. The number of allylic oxidation sites excluding steroid dienone is 1. The number of rotatable bonds is 5. The van der Waals surface area contributed by atoms with Crippen molar-refractivity contribution in [2.24, 2.45) is 5.92 Å². The van der Waals surface area contributed by atoms with Gasteiger partial charge in [0.1, 0.15) is 0 Å². The third-order valence-corrected chi connectivity index (χ3v) is 4.76. The van der Waals surface area contributed by atoms with Gasteiger partial charge in [0.05, 0.1) is 25.2 Å². The Morgan fingerprint density at radius 2 is 2.30 bits per heavy atom. The van der Waals surface area contributed by atoms with E-state index in [4.69, 9.17) is 4.74 Å². The van der Waals surface area contributed by atoms with Crippen molar-refractivity contribution in [3.8, 4) is 0 Å². The summed E-state index contributed by atoms with van der Waals surface area (Å²) in [7, 11) is 0. The van der Waals surface area contributed by atoms with Gasteiger partial charge in [0.25, 0.3) is 0 Å². The summed E-state index contributed by atoms with van der Waals surface area (Å²) >= 11 is 0. The number of hydrogen-bond acceptors (Lipinski definition) is 3. The highest BCUT2D eigenvalue weighted by atomic mass is 16.5. The van der Waals surface area contributed by atoms with Crippen LogP contribution in [-0.4, -0.2) is 40.1 Å². The number of imidazole rings is 1. The number of amides is 1. The van der Waals surface area contributed by atoms with Crippen LogP contribution in [0, 0.1) is 5.92 Å². The second kappa shape index (κ2) is 7.77. The molecular formula is C18H27N3O2. The van der Waals surface area contributed by atoms with Gasteiger partial charge in [-0.25, -0.2) is 4.98 Å². The Balaban J connectivity index is 1.69. The van der Waals surface area contributed by atoms with Crippen LogP contribution in [0.15, 0.2) is 24.2 Å². The van der Waals surface area contributed by atoms with E-state index >= 15 is 0 Å². The lowest BCUT2D eigenvalue weighted by atomic mass is 9.96. The maximum absolute atomic E-state index is 12.8. The first kappa shape index (κ1) is 16.2. The smallest absolute Gasteiger partial charge is 0.227 e. The first-order chi connectivity index (χ1) is 11.3. The lowest BCUT2D eigenvalue weighted by molar-refractivity contribution is -0.131. The van der Waals surface area contributed by atoms with E-state index in [1.54, 1.807) is 0 Å². The second-order valence-electron chi connectivity index (χ2n) is 6.62. The zero-order valence-electron chi connectivity index (χ0n) is 14.0. The molecule has 1 atom stereocenters. The molecule has 1 aromatic rings. The van der Waals surface area contributed by atoms with Gasteiger partial charge < -0.3 is 14.2 Å². The standard InChI is InChI=1S/C18H27N3O2/c1-2-23-13-16-10-20(12-17-9-19-14-21(17)11-16)18(22)8-15-6-4-3-5-7-15/h6,9,14,16H,2-5,7-8,10-13H2,1H3. The molecule has 126 valence electrons. The van der Waals surface area contributed by atoms with Crippen LogP contribution in [0.4, 0.5) is 0 Å². The van der Waals surface area contributed by atoms with Crippen molar-refractivity contribution in [2.75, 3.05) is 19.8 Å². The average Bonchev–Trinajstić information content (AvgIpc) is 2.92. The summed E-state index contributed by atoms with van der Waals surface area (Å²) in [6.07, 6.45) is 11.3. The molecule has 2 aliphatic rings.